The predicted octanol–water partition coefficient (Wildman–Crippen LogP) is 3.10. The molecule has 2 rings (SSSR count). The molecule has 0 unspecified atom stereocenters. The van der Waals surface area contributed by atoms with Crippen LogP contribution in [0.15, 0.2) is 43.0 Å². The fourth-order valence-electron chi connectivity index (χ4n) is 1.84. The Morgan fingerprint density at radius 2 is 1.90 bits per heavy atom. The van der Waals surface area contributed by atoms with E-state index in [0.717, 1.165) is 11.3 Å². The molecule has 0 aliphatic carbocycles. The highest BCUT2D eigenvalue weighted by Gasteiger charge is 2.22. The van der Waals surface area contributed by atoms with Crippen molar-refractivity contribution in [3.8, 4) is 5.69 Å². The van der Waals surface area contributed by atoms with Gasteiger partial charge in [0.1, 0.15) is 0 Å². The van der Waals surface area contributed by atoms with Crippen LogP contribution >= 0.6 is 0 Å². The molecule has 0 fully saturated rings. The van der Waals surface area contributed by atoms with Gasteiger partial charge in [0.05, 0.1) is 12.4 Å². The van der Waals surface area contributed by atoms with Gasteiger partial charge in [0.2, 0.25) is 5.91 Å². The van der Waals surface area contributed by atoms with Crippen LogP contribution in [0, 0.1) is 5.41 Å². The summed E-state index contributed by atoms with van der Waals surface area (Å²) in [5.41, 5.74) is 1.78. The van der Waals surface area contributed by atoms with Gasteiger partial charge in [-0.2, -0.15) is 0 Å². The van der Waals surface area contributed by atoms with E-state index < -0.39 is 0 Å². The summed E-state index contributed by atoms with van der Waals surface area (Å²) < 4.78 is 1.95. The maximum absolute atomic E-state index is 12.0. The number of imidazole rings is 1. The fraction of sp³-hybridized carbons (Fsp3) is 0.375. The molecule has 2 aromatic rings. The lowest BCUT2D eigenvalue weighted by Gasteiger charge is -2.22. The van der Waals surface area contributed by atoms with Crippen LogP contribution in [-0.4, -0.2) is 15.5 Å². The molecule has 0 aliphatic rings. The highest BCUT2D eigenvalue weighted by Crippen LogP contribution is 2.19. The van der Waals surface area contributed by atoms with Gasteiger partial charge in [0.15, 0.2) is 0 Å². The number of carbonyl (C=O) groups is 1. The van der Waals surface area contributed by atoms with Crippen molar-refractivity contribution in [2.45, 2.75) is 33.7 Å². The van der Waals surface area contributed by atoms with Crippen molar-refractivity contribution in [2.24, 2.45) is 5.41 Å². The van der Waals surface area contributed by atoms with Gasteiger partial charge in [-0.25, -0.2) is 4.98 Å². The first-order valence-electron chi connectivity index (χ1n) is 6.77. The Labute approximate surface area is 119 Å². The largest absolute Gasteiger partial charge is 0.349 e. The maximum Gasteiger partial charge on any atom is 0.225 e. The summed E-state index contributed by atoms with van der Waals surface area (Å²) in [5.74, 6) is 0.0590. The SMILES string of the molecule is C[C@H](NC(=O)C(C)(C)C)c1ccc(-n2ccnc2)cc1. The van der Waals surface area contributed by atoms with E-state index >= 15 is 0 Å². The average Bonchev–Trinajstić information content (AvgIpc) is 2.91. The normalized spacial score (nSPS) is 13.0. The van der Waals surface area contributed by atoms with E-state index in [9.17, 15) is 4.79 Å². The van der Waals surface area contributed by atoms with E-state index in [0.29, 0.717) is 0 Å². The van der Waals surface area contributed by atoms with Gasteiger partial charge in [-0.15, -0.1) is 0 Å². The zero-order chi connectivity index (χ0) is 14.8. The van der Waals surface area contributed by atoms with Crippen LogP contribution in [0.4, 0.5) is 0 Å². The summed E-state index contributed by atoms with van der Waals surface area (Å²) in [6.45, 7) is 7.74. The van der Waals surface area contributed by atoms with Crippen LogP contribution < -0.4 is 5.32 Å². The van der Waals surface area contributed by atoms with Gasteiger partial charge >= 0.3 is 0 Å². The molecular formula is C16H21N3O. The third kappa shape index (κ3) is 3.26. The molecule has 1 aromatic carbocycles. The molecule has 1 aromatic heterocycles. The summed E-state index contributed by atoms with van der Waals surface area (Å²) >= 11 is 0. The first kappa shape index (κ1) is 14.3. The first-order valence-corrected chi connectivity index (χ1v) is 6.77. The van der Waals surface area contributed by atoms with Crippen molar-refractivity contribution in [2.75, 3.05) is 0 Å². The highest BCUT2D eigenvalue weighted by molar-refractivity contribution is 5.81. The zero-order valence-electron chi connectivity index (χ0n) is 12.4. The van der Waals surface area contributed by atoms with E-state index in [4.69, 9.17) is 0 Å². The molecule has 20 heavy (non-hydrogen) atoms. The highest BCUT2D eigenvalue weighted by atomic mass is 16.2. The van der Waals surface area contributed by atoms with Crippen LogP contribution in [0.5, 0.6) is 0 Å². The first-order chi connectivity index (χ1) is 9.38. The second-order valence-electron chi connectivity index (χ2n) is 6.01. The maximum atomic E-state index is 12.0. The van der Waals surface area contributed by atoms with Gasteiger partial charge in [-0.1, -0.05) is 32.9 Å². The van der Waals surface area contributed by atoms with Crippen LogP contribution in [-0.2, 0) is 4.79 Å². The molecule has 106 valence electrons. The molecule has 0 saturated carbocycles. The van der Waals surface area contributed by atoms with Crippen molar-refractivity contribution < 1.29 is 4.79 Å². The zero-order valence-corrected chi connectivity index (χ0v) is 12.4. The topological polar surface area (TPSA) is 46.9 Å². The lowest BCUT2D eigenvalue weighted by molar-refractivity contribution is -0.129. The number of hydrogen-bond acceptors (Lipinski definition) is 2. The van der Waals surface area contributed by atoms with Crippen LogP contribution in [0.25, 0.3) is 5.69 Å². The summed E-state index contributed by atoms with van der Waals surface area (Å²) in [6.07, 6.45) is 5.42. The monoisotopic (exact) mass is 271 g/mol. The lowest BCUT2D eigenvalue weighted by atomic mass is 9.94. The molecule has 1 atom stereocenters. The molecular weight excluding hydrogens is 250 g/mol. The van der Waals surface area contributed by atoms with E-state index in [1.807, 2.05) is 62.7 Å². The summed E-state index contributed by atoms with van der Waals surface area (Å²) in [6, 6.07) is 8.11. The second-order valence-corrected chi connectivity index (χ2v) is 6.01. The number of nitrogens with one attached hydrogen (secondary N) is 1. The summed E-state index contributed by atoms with van der Waals surface area (Å²) in [7, 11) is 0. The molecule has 4 nitrogen and oxygen atoms in total. The average molecular weight is 271 g/mol. The molecule has 0 radical (unpaired) electrons. The van der Waals surface area contributed by atoms with Gasteiger partial charge in [0.25, 0.3) is 0 Å². The number of benzene rings is 1. The molecule has 4 heteroatoms. The molecule has 1 amide bonds. The summed E-state index contributed by atoms with van der Waals surface area (Å²) in [4.78, 5) is 16.0. The predicted molar refractivity (Wildman–Crippen MR) is 79.6 cm³/mol. The Morgan fingerprint density at radius 3 is 2.40 bits per heavy atom. The smallest absolute Gasteiger partial charge is 0.225 e. The lowest BCUT2D eigenvalue weighted by Crippen LogP contribution is -2.36. The molecule has 0 saturated heterocycles. The number of nitrogens with zero attached hydrogens (tertiary/aromatic N) is 2. The molecule has 0 bridgehead atoms. The molecule has 1 heterocycles. The van der Waals surface area contributed by atoms with Crippen LogP contribution in [0.2, 0.25) is 0 Å². The van der Waals surface area contributed by atoms with Gasteiger partial charge in [0, 0.05) is 23.5 Å². The second kappa shape index (κ2) is 5.49. The van der Waals surface area contributed by atoms with Gasteiger partial charge in [-0.05, 0) is 24.6 Å². The number of aromatic nitrogens is 2. The number of carbonyl (C=O) groups excluding carboxylic acids is 1. The minimum absolute atomic E-state index is 0.00133. The van der Waals surface area contributed by atoms with Crippen molar-refractivity contribution in [1.82, 2.24) is 14.9 Å². The number of amides is 1. The Hall–Kier alpha value is -2.10. The van der Waals surface area contributed by atoms with Crippen LogP contribution in [0.1, 0.15) is 39.3 Å². The van der Waals surface area contributed by atoms with Crippen molar-refractivity contribution in [1.29, 1.82) is 0 Å². The van der Waals surface area contributed by atoms with E-state index in [1.165, 1.54) is 0 Å². The third-order valence-electron chi connectivity index (χ3n) is 3.22. The van der Waals surface area contributed by atoms with Crippen molar-refractivity contribution in [3.63, 3.8) is 0 Å². The Kier molecular flexibility index (Phi) is 3.93. The summed E-state index contributed by atoms with van der Waals surface area (Å²) in [5, 5.41) is 3.03. The van der Waals surface area contributed by atoms with Gasteiger partial charge in [-0.3, -0.25) is 4.79 Å². The van der Waals surface area contributed by atoms with E-state index in [2.05, 4.69) is 10.3 Å². The Balaban J connectivity index is 2.08. The van der Waals surface area contributed by atoms with Gasteiger partial charge < -0.3 is 9.88 Å². The van der Waals surface area contributed by atoms with E-state index in [-0.39, 0.29) is 17.4 Å². The Morgan fingerprint density at radius 1 is 1.25 bits per heavy atom. The molecule has 1 N–H and O–H groups in total. The Bertz CT molecular complexity index is 565. The molecule has 0 aliphatic heterocycles. The minimum atomic E-state index is -0.370. The van der Waals surface area contributed by atoms with Crippen molar-refractivity contribution >= 4 is 5.91 Å². The number of rotatable bonds is 3. The number of hydrogen-bond donors (Lipinski definition) is 1. The quantitative estimate of drug-likeness (QED) is 0.932. The molecule has 0 spiro atoms. The van der Waals surface area contributed by atoms with Crippen LogP contribution in [0.3, 0.4) is 0 Å². The van der Waals surface area contributed by atoms with E-state index in [1.54, 1.807) is 12.5 Å². The standard InChI is InChI=1S/C16H21N3O/c1-12(18-15(20)16(2,3)4)13-5-7-14(8-6-13)19-10-9-17-11-19/h5-12H,1-4H3,(H,18,20)/t12-/m0/s1. The fourth-order valence-corrected chi connectivity index (χ4v) is 1.84. The third-order valence-corrected chi connectivity index (χ3v) is 3.22. The van der Waals surface area contributed by atoms with Crippen molar-refractivity contribution in [3.05, 3.63) is 48.5 Å². The minimum Gasteiger partial charge on any atom is -0.349 e.